The molecule has 36 heavy (non-hydrogen) atoms. The molecule has 1 N–H and O–H groups in total. The highest BCUT2D eigenvalue weighted by molar-refractivity contribution is 6.05. The third kappa shape index (κ3) is 5.64. The van der Waals surface area contributed by atoms with Crippen LogP contribution in [0.3, 0.4) is 0 Å². The second-order valence-electron chi connectivity index (χ2n) is 10.1. The SMILES string of the molecule is CC(C)(C)CN1C(=O)C(CC(=O)NCc2ccccc2F)N(C(=O)c2ccoc2)Cc2ccccc21. The predicted octanol–water partition coefficient (Wildman–Crippen LogP) is 4.53. The molecule has 3 aromatic rings. The lowest BCUT2D eigenvalue weighted by atomic mass is 9.95. The van der Waals surface area contributed by atoms with Crippen molar-refractivity contribution in [3.63, 3.8) is 0 Å². The van der Waals surface area contributed by atoms with Gasteiger partial charge in [-0.25, -0.2) is 4.39 Å². The summed E-state index contributed by atoms with van der Waals surface area (Å²) in [4.78, 5) is 43.6. The molecular weight excluding hydrogens is 461 g/mol. The van der Waals surface area contributed by atoms with Crippen LogP contribution >= 0.6 is 0 Å². The molecule has 4 rings (SSSR count). The summed E-state index contributed by atoms with van der Waals surface area (Å²) < 4.78 is 19.1. The highest BCUT2D eigenvalue weighted by Crippen LogP contribution is 2.32. The largest absolute Gasteiger partial charge is 0.472 e. The second kappa shape index (κ2) is 10.4. The maximum atomic E-state index is 14.0. The fraction of sp³-hybridized carbons (Fsp3) is 0.321. The smallest absolute Gasteiger partial charge is 0.258 e. The van der Waals surface area contributed by atoms with Crippen molar-refractivity contribution in [3.8, 4) is 0 Å². The number of furan rings is 1. The van der Waals surface area contributed by atoms with Crippen LogP contribution in [0.5, 0.6) is 0 Å². The lowest BCUT2D eigenvalue weighted by molar-refractivity contribution is -0.129. The number of carbonyl (C=O) groups is 3. The zero-order chi connectivity index (χ0) is 25.9. The van der Waals surface area contributed by atoms with Crippen LogP contribution in [0.25, 0.3) is 0 Å². The number of fused-ring (bicyclic) bond motifs is 1. The molecule has 3 amide bonds. The number of nitrogens with zero attached hydrogens (tertiary/aromatic N) is 2. The molecule has 188 valence electrons. The van der Waals surface area contributed by atoms with Crippen LogP contribution in [0.2, 0.25) is 0 Å². The number of para-hydroxylation sites is 1. The van der Waals surface area contributed by atoms with Crippen molar-refractivity contribution in [2.75, 3.05) is 11.4 Å². The average molecular weight is 492 g/mol. The first-order chi connectivity index (χ1) is 17.1. The molecule has 1 aromatic heterocycles. The van der Waals surface area contributed by atoms with Gasteiger partial charge in [-0.05, 0) is 29.2 Å². The maximum absolute atomic E-state index is 14.0. The van der Waals surface area contributed by atoms with Crippen LogP contribution in [-0.2, 0) is 22.7 Å². The molecular formula is C28H30FN3O4. The first kappa shape index (κ1) is 25.2. The number of anilines is 1. The molecule has 0 radical (unpaired) electrons. The van der Waals surface area contributed by atoms with Crippen LogP contribution in [0.4, 0.5) is 10.1 Å². The average Bonchev–Trinajstić information content (AvgIpc) is 3.35. The van der Waals surface area contributed by atoms with E-state index in [0.717, 1.165) is 11.3 Å². The minimum atomic E-state index is -1.05. The molecule has 0 fully saturated rings. The summed E-state index contributed by atoms with van der Waals surface area (Å²) in [5, 5.41) is 2.70. The van der Waals surface area contributed by atoms with E-state index in [9.17, 15) is 18.8 Å². The number of benzene rings is 2. The highest BCUT2D eigenvalue weighted by atomic mass is 19.1. The van der Waals surface area contributed by atoms with E-state index in [1.165, 1.54) is 29.6 Å². The van der Waals surface area contributed by atoms with Crippen molar-refractivity contribution in [2.24, 2.45) is 5.41 Å². The summed E-state index contributed by atoms with van der Waals surface area (Å²) in [7, 11) is 0. The molecule has 1 unspecified atom stereocenters. The monoisotopic (exact) mass is 491 g/mol. The first-order valence-electron chi connectivity index (χ1n) is 11.9. The summed E-state index contributed by atoms with van der Waals surface area (Å²) in [6.45, 7) is 6.62. The first-order valence-corrected chi connectivity index (χ1v) is 11.9. The van der Waals surface area contributed by atoms with E-state index in [1.807, 2.05) is 45.0 Å². The van der Waals surface area contributed by atoms with Crippen LogP contribution < -0.4 is 10.2 Å². The van der Waals surface area contributed by atoms with E-state index in [4.69, 9.17) is 4.42 Å². The van der Waals surface area contributed by atoms with Crippen molar-refractivity contribution in [3.05, 3.63) is 89.6 Å². The number of hydrogen-bond donors (Lipinski definition) is 1. The van der Waals surface area contributed by atoms with Gasteiger partial charge in [0, 0.05) is 30.9 Å². The van der Waals surface area contributed by atoms with Crippen molar-refractivity contribution in [1.82, 2.24) is 10.2 Å². The van der Waals surface area contributed by atoms with E-state index in [-0.39, 0.29) is 30.8 Å². The van der Waals surface area contributed by atoms with Crippen LogP contribution in [0.1, 0.15) is 48.7 Å². The van der Waals surface area contributed by atoms with Crippen LogP contribution in [0.15, 0.2) is 71.5 Å². The van der Waals surface area contributed by atoms with E-state index in [2.05, 4.69) is 5.32 Å². The maximum Gasteiger partial charge on any atom is 0.258 e. The number of hydrogen-bond acceptors (Lipinski definition) is 4. The molecule has 2 heterocycles. The number of carbonyl (C=O) groups excluding carboxylic acids is 3. The van der Waals surface area contributed by atoms with Gasteiger partial charge < -0.3 is 19.5 Å². The zero-order valence-electron chi connectivity index (χ0n) is 20.7. The Kier molecular flexibility index (Phi) is 7.24. The lowest BCUT2D eigenvalue weighted by Crippen LogP contribution is -2.52. The van der Waals surface area contributed by atoms with Crippen molar-refractivity contribution < 1.29 is 23.2 Å². The third-order valence-electron chi connectivity index (χ3n) is 6.02. The highest BCUT2D eigenvalue weighted by Gasteiger charge is 2.40. The molecule has 0 saturated heterocycles. The Morgan fingerprint density at radius 1 is 1.08 bits per heavy atom. The van der Waals surface area contributed by atoms with Crippen LogP contribution in [0, 0.1) is 11.2 Å². The van der Waals surface area contributed by atoms with Gasteiger partial charge in [0.05, 0.1) is 18.2 Å². The number of rotatable bonds is 6. The molecule has 0 aliphatic carbocycles. The Labute approximate surface area is 209 Å². The molecule has 2 aromatic carbocycles. The number of halogens is 1. The lowest BCUT2D eigenvalue weighted by Gasteiger charge is -2.33. The topological polar surface area (TPSA) is 82.9 Å². The van der Waals surface area contributed by atoms with Gasteiger partial charge in [0.15, 0.2) is 0 Å². The Balaban J connectivity index is 1.67. The number of amides is 3. The second-order valence-corrected chi connectivity index (χ2v) is 10.1. The Hall–Kier alpha value is -3.94. The van der Waals surface area contributed by atoms with Gasteiger partial charge in [-0.15, -0.1) is 0 Å². The fourth-order valence-corrected chi connectivity index (χ4v) is 4.32. The quantitative estimate of drug-likeness (QED) is 0.549. The van der Waals surface area contributed by atoms with Crippen molar-refractivity contribution >= 4 is 23.4 Å². The van der Waals surface area contributed by atoms with Gasteiger partial charge in [-0.2, -0.15) is 0 Å². The summed E-state index contributed by atoms with van der Waals surface area (Å²) >= 11 is 0. The van der Waals surface area contributed by atoms with Gasteiger partial charge in [-0.3, -0.25) is 14.4 Å². The molecule has 1 aliphatic heterocycles. The van der Waals surface area contributed by atoms with Gasteiger partial charge in [0.2, 0.25) is 11.8 Å². The zero-order valence-corrected chi connectivity index (χ0v) is 20.7. The standard InChI is InChI=1S/C28H30FN3O4/c1-28(2,3)18-32-23-11-7-5-9-20(23)16-31(26(34)21-12-13-36-17-21)24(27(32)35)14-25(33)30-15-19-8-4-6-10-22(19)29/h4-13,17,24H,14-16,18H2,1-3H3,(H,30,33). The normalized spacial score (nSPS) is 15.9. The summed E-state index contributed by atoms with van der Waals surface area (Å²) in [5.41, 5.74) is 1.93. The molecule has 0 spiro atoms. The summed E-state index contributed by atoms with van der Waals surface area (Å²) in [5.74, 6) is -1.63. The molecule has 1 atom stereocenters. The minimum absolute atomic E-state index is 0.0198. The van der Waals surface area contributed by atoms with Gasteiger partial charge in [0.1, 0.15) is 18.1 Å². The summed E-state index contributed by atoms with van der Waals surface area (Å²) in [6, 6.07) is 14.1. The van der Waals surface area contributed by atoms with Gasteiger partial charge in [0.25, 0.3) is 5.91 Å². The minimum Gasteiger partial charge on any atom is -0.472 e. The Bertz CT molecular complexity index is 1250. The van der Waals surface area contributed by atoms with Gasteiger partial charge in [-0.1, -0.05) is 57.2 Å². The van der Waals surface area contributed by atoms with Crippen molar-refractivity contribution in [2.45, 2.75) is 46.3 Å². The summed E-state index contributed by atoms with van der Waals surface area (Å²) in [6.07, 6.45) is 2.46. The van der Waals surface area contributed by atoms with E-state index >= 15 is 0 Å². The number of nitrogens with one attached hydrogen (secondary N) is 1. The molecule has 0 saturated carbocycles. The molecule has 0 bridgehead atoms. The Morgan fingerprint density at radius 3 is 2.50 bits per heavy atom. The van der Waals surface area contributed by atoms with E-state index in [1.54, 1.807) is 23.1 Å². The van der Waals surface area contributed by atoms with E-state index in [0.29, 0.717) is 17.7 Å². The molecule has 8 heteroatoms. The third-order valence-corrected chi connectivity index (χ3v) is 6.02. The Morgan fingerprint density at radius 2 is 1.81 bits per heavy atom. The molecule has 1 aliphatic rings. The van der Waals surface area contributed by atoms with Crippen molar-refractivity contribution in [1.29, 1.82) is 0 Å². The van der Waals surface area contributed by atoms with Gasteiger partial charge >= 0.3 is 0 Å². The fourth-order valence-electron chi connectivity index (χ4n) is 4.32. The van der Waals surface area contributed by atoms with Crippen LogP contribution in [-0.4, -0.2) is 35.2 Å². The molecule has 7 nitrogen and oxygen atoms in total. The van der Waals surface area contributed by atoms with E-state index < -0.39 is 23.7 Å². The predicted molar refractivity (Wildman–Crippen MR) is 133 cm³/mol.